The van der Waals surface area contributed by atoms with Gasteiger partial charge in [0.2, 0.25) is 0 Å². The first kappa shape index (κ1) is 22.0. The van der Waals surface area contributed by atoms with Gasteiger partial charge in [0, 0.05) is 16.3 Å². The predicted molar refractivity (Wildman–Crippen MR) is 127 cm³/mol. The molecule has 0 aliphatic rings. The van der Waals surface area contributed by atoms with Gasteiger partial charge in [-0.1, -0.05) is 36.4 Å². The van der Waals surface area contributed by atoms with Crippen LogP contribution in [0.5, 0.6) is 5.75 Å². The Morgan fingerprint density at radius 1 is 0.967 bits per heavy atom. The maximum absolute atomic E-state index is 12.7. The zero-order valence-electron chi connectivity index (χ0n) is 18.3. The monoisotopic (exact) mass is 419 g/mol. The number of ether oxygens (including phenoxy) is 1. The molecule has 1 atom stereocenters. The minimum atomic E-state index is -0.586. The second-order valence-corrected chi connectivity index (χ2v) is 8.75. The first-order chi connectivity index (χ1) is 14.3. The Morgan fingerprint density at radius 2 is 1.70 bits per heavy atom. The number of hydrogen-bond donors (Lipinski definition) is 1. The first-order valence-corrected chi connectivity index (χ1v) is 11.1. The van der Waals surface area contributed by atoms with Crippen LogP contribution >= 0.6 is 11.8 Å². The summed E-state index contributed by atoms with van der Waals surface area (Å²) >= 11 is 1.80. The van der Waals surface area contributed by atoms with Crippen molar-refractivity contribution in [2.24, 2.45) is 0 Å². The molecule has 0 saturated carbocycles. The molecule has 4 heteroatoms. The first-order valence-electron chi connectivity index (χ1n) is 10.2. The van der Waals surface area contributed by atoms with E-state index in [1.54, 1.807) is 18.7 Å². The molecule has 0 fully saturated rings. The molecule has 3 rings (SSSR count). The van der Waals surface area contributed by atoms with Gasteiger partial charge in [0.15, 0.2) is 6.10 Å². The van der Waals surface area contributed by atoms with E-state index in [1.165, 1.54) is 10.5 Å². The summed E-state index contributed by atoms with van der Waals surface area (Å²) in [6, 6.07) is 20.6. The third-order valence-electron chi connectivity index (χ3n) is 5.13. The molecule has 3 aromatic rings. The standard InChI is InChI=1S/C26H29NO2S/c1-17-13-18(2)20(4)25(14-17)29-21(5)26(28)27-24-12-11-22(15-19(24)3)16-30-23-9-7-6-8-10-23/h6-15,21H,16H2,1-5H3,(H,27,28)/t21-/m0/s1. The molecule has 0 aliphatic heterocycles. The third kappa shape index (κ3) is 5.67. The molecule has 0 aliphatic carbocycles. The van der Waals surface area contributed by atoms with Crippen LogP contribution in [0.2, 0.25) is 0 Å². The number of aryl methyl sites for hydroxylation is 3. The van der Waals surface area contributed by atoms with Crippen molar-refractivity contribution >= 4 is 23.4 Å². The molecule has 0 heterocycles. The number of rotatable bonds is 7. The summed E-state index contributed by atoms with van der Waals surface area (Å²) in [4.78, 5) is 14.0. The van der Waals surface area contributed by atoms with Crippen molar-refractivity contribution in [2.45, 2.75) is 51.4 Å². The van der Waals surface area contributed by atoms with Gasteiger partial charge in [0.1, 0.15) is 5.75 Å². The van der Waals surface area contributed by atoms with E-state index in [9.17, 15) is 4.79 Å². The number of thioether (sulfide) groups is 1. The van der Waals surface area contributed by atoms with Crippen molar-refractivity contribution in [3.63, 3.8) is 0 Å². The third-order valence-corrected chi connectivity index (χ3v) is 6.22. The van der Waals surface area contributed by atoms with Crippen LogP contribution in [0.3, 0.4) is 0 Å². The Labute approximate surface area is 183 Å². The number of nitrogens with one attached hydrogen (secondary N) is 1. The minimum Gasteiger partial charge on any atom is -0.481 e. The molecule has 0 spiro atoms. The van der Waals surface area contributed by atoms with Crippen molar-refractivity contribution < 1.29 is 9.53 Å². The van der Waals surface area contributed by atoms with Gasteiger partial charge in [0.25, 0.3) is 5.91 Å². The van der Waals surface area contributed by atoms with E-state index in [0.29, 0.717) is 0 Å². The molecule has 1 amide bonds. The van der Waals surface area contributed by atoms with E-state index in [1.807, 2.05) is 39.0 Å². The zero-order chi connectivity index (χ0) is 21.7. The van der Waals surface area contributed by atoms with Crippen LogP contribution in [-0.2, 0) is 10.5 Å². The smallest absolute Gasteiger partial charge is 0.265 e. The van der Waals surface area contributed by atoms with Crippen molar-refractivity contribution in [3.05, 3.63) is 88.5 Å². The molecule has 0 unspecified atom stereocenters. The second-order valence-electron chi connectivity index (χ2n) is 7.71. The summed E-state index contributed by atoms with van der Waals surface area (Å²) in [6.07, 6.45) is -0.586. The van der Waals surface area contributed by atoms with Crippen LogP contribution in [0.1, 0.15) is 34.7 Å². The molecular weight excluding hydrogens is 390 g/mol. The molecule has 1 N–H and O–H groups in total. The summed E-state index contributed by atoms with van der Waals surface area (Å²) in [5.74, 6) is 1.51. The average Bonchev–Trinajstić information content (AvgIpc) is 2.72. The van der Waals surface area contributed by atoms with Gasteiger partial charge >= 0.3 is 0 Å². The van der Waals surface area contributed by atoms with Gasteiger partial charge in [-0.2, -0.15) is 0 Å². The quantitative estimate of drug-likeness (QED) is 0.437. The molecule has 0 radical (unpaired) electrons. The number of anilines is 1. The lowest BCUT2D eigenvalue weighted by Gasteiger charge is -2.18. The number of benzene rings is 3. The fourth-order valence-corrected chi connectivity index (χ4v) is 4.10. The van der Waals surface area contributed by atoms with Crippen molar-refractivity contribution in [1.82, 2.24) is 0 Å². The molecule has 0 aromatic heterocycles. The molecule has 3 aromatic carbocycles. The van der Waals surface area contributed by atoms with E-state index < -0.39 is 6.10 Å². The highest BCUT2D eigenvalue weighted by Crippen LogP contribution is 2.26. The highest BCUT2D eigenvalue weighted by molar-refractivity contribution is 7.98. The SMILES string of the molecule is Cc1cc(C)c(C)c(O[C@@H](C)C(=O)Nc2ccc(CSc3ccccc3)cc2C)c1. The number of hydrogen-bond acceptors (Lipinski definition) is 3. The number of amides is 1. The van der Waals surface area contributed by atoms with E-state index in [2.05, 4.69) is 54.7 Å². The van der Waals surface area contributed by atoms with Crippen LogP contribution in [0.25, 0.3) is 0 Å². The van der Waals surface area contributed by atoms with Crippen molar-refractivity contribution in [3.8, 4) is 5.75 Å². The van der Waals surface area contributed by atoms with Gasteiger partial charge < -0.3 is 10.1 Å². The Hall–Kier alpha value is -2.72. The topological polar surface area (TPSA) is 38.3 Å². The molecule has 30 heavy (non-hydrogen) atoms. The van der Waals surface area contributed by atoms with Crippen molar-refractivity contribution in [1.29, 1.82) is 0 Å². The largest absolute Gasteiger partial charge is 0.481 e. The molecule has 0 saturated heterocycles. The Kier molecular flexibility index (Phi) is 7.22. The number of carbonyl (C=O) groups excluding carboxylic acids is 1. The van der Waals surface area contributed by atoms with Crippen LogP contribution in [0, 0.1) is 27.7 Å². The molecule has 3 nitrogen and oxygen atoms in total. The van der Waals surface area contributed by atoms with Crippen LogP contribution in [0.15, 0.2) is 65.6 Å². The average molecular weight is 420 g/mol. The Bertz CT molecular complexity index is 1030. The normalized spacial score (nSPS) is 11.8. The summed E-state index contributed by atoms with van der Waals surface area (Å²) in [6.45, 7) is 9.91. The maximum Gasteiger partial charge on any atom is 0.265 e. The highest BCUT2D eigenvalue weighted by Gasteiger charge is 2.17. The lowest BCUT2D eigenvalue weighted by molar-refractivity contribution is -0.122. The van der Waals surface area contributed by atoms with E-state index >= 15 is 0 Å². The van der Waals surface area contributed by atoms with Gasteiger partial charge in [-0.15, -0.1) is 11.8 Å². The van der Waals surface area contributed by atoms with Crippen molar-refractivity contribution in [2.75, 3.05) is 5.32 Å². The molecule has 0 bridgehead atoms. The van der Waals surface area contributed by atoms with Gasteiger partial charge in [-0.25, -0.2) is 0 Å². The predicted octanol–water partition coefficient (Wildman–Crippen LogP) is 6.62. The Morgan fingerprint density at radius 3 is 2.40 bits per heavy atom. The van der Waals surface area contributed by atoms with Gasteiger partial charge in [-0.3, -0.25) is 4.79 Å². The van der Waals surface area contributed by atoms with Gasteiger partial charge in [-0.05, 0) is 86.7 Å². The maximum atomic E-state index is 12.7. The zero-order valence-corrected chi connectivity index (χ0v) is 19.1. The van der Waals surface area contributed by atoms with Crippen LogP contribution in [0.4, 0.5) is 5.69 Å². The molecular formula is C26H29NO2S. The van der Waals surface area contributed by atoms with Gasteiger partial charge in [0.05, 0.1) is 0 Å². The van der Waals surface area contributed by atoms with E-state index in [0.717, 1.165) is 39.4 Å². The minimum absolute atomic E-state index is 0.150. The van der Waals surface area contributed by atoms with E-state index in [-0.39, 0.29) is 5.91 Å². The Balaban J connectivity index is 1.62. The summed E-state index contributed by atoms with van der Waals surface area (Å²) in [5, 5.41) is 3.01. The summed E-state index contributed by atoms with van der Waals surface area (Å²) in [7, 11) is 0. The van der Waals surface area contributed by atoms with Crippen LogP contribution in [-0.4, -0.2) is 12.0 Å². The lowest BCUT2D eigenvalue weighted by atomic mass is 10.1. The lowest BCUT2D eigenvalue weighted by Crippen LogP contribution is -2.30. The fourth-order valence-electron chi connectivity index (χ4n) is 3.24. The summed E-state index contributed by atoms with van der Waals surface area (Å²) in [5.41, 5.74) is 6.45. The summed E-state index contributed by atoms with van der Waals surface area (Å²) < 4.78 is 5.98. The molecule has 156 valence electrons. The van der Waals surface area contributed by atoms with Crippen LogP contribution < -0.4 is 10.1 Å². The fraction of sp³-hybridized carbons (Fsp3) is 0.269. The number of carbonyl (C=O) groups is 1. The van der Waals surface area contributed by atoms with E-state index in [4.69, 9.17) is 4.74 Å². The highest BCUT2D eigenvalue weighted by atomic mass is 32.2. The second kappa shape index (κ2) is 9.86.